The molecular weight excluding hydrogens is 236 g/mol. The van der Waals surface area contributed by atoms with Gasteiger partial charge in [0.15, 0.2) is 10.9 Å². The molecule has 3 nitrogen and oxygen atoms in total. The third-order valence-corrected chi connectivity index (χ3v) is 4.30. The summed E-state index contributed by atoms with van der Waals surface area (Å²) in [6, 6.07) is 1.82. The number of nitrogens with two attached hydrogens (primary N) is 1. The summed E-state index contributed by atoms with van der Waals surface area (Å²) in [6.07, 6.45) is 2.14. The first kappa shape index (κ1) is 12.7. The molecule has 0 aromatic carbocycles. The van der Waals surface area contributed by atoms with Gasteiger partial charge >= 0.3 is 0 Å². The first-order valence-electron chi connectivity index (χ1n) is 5.94. The predicted molar refractivity (Wildman–Crippen MR) is 69.4 cm³/mol. The van der Waals surface area contributed by atoms with Crippen LogP contribution in [0.5, 0.6) is 5.75 Å². The minimum absolute atomic E-state index is 0.0455. The van der Waals surface area contributed by atoms with Gasteiger partial charge < -0.3 is 10.8 Å². The summed E-state index contributed by atoms with van der Waals surface area (Å²) in [5.74, 6) is 0.310. The van der Waals surface area contributed by atoms with Crippen LogP contribution in [0.2, 0.25) is 5.15 Å². The van der Waals surface area contributed by atoms with E-state index in [1.165, 1.54) is 0 Å². The first-order valence-corrected chi connectivity index (χ1v) is 6.32. The fourth-order valence-corrected chi connectivity index (χ4v) is 2.90. The van der Waals surface area contributed by atoms with Gasteiger partial charge in [-0.2, -0.15) is 0 Å². The Labute approximate surface area is 107 Å². The normalized spacial score (nSPS) is 27.4. The van der Waals surface area contributed by atoms with Gasteiger partial charge in [0, 0.05) is 17.7 Å². The standard InChI is InChI=1S/C13H19ClN2O/c1-7-9(6-10(17)12(14)16-7)8-4-5-13(2,3)11(8)15/h6,8,11,17H,4-5,15H2,1-3H3. The predicted octanol–water partition coefficient (Wildman–Crippen LogP) is 2.98. The van der Waals surface area contributed by atoms with Crippen molar-refractivity contribution in [2.45, 2.75) is 45.6 Å². The monoisotopic (exact) mass is 254 g/mol. The molecule has 0 bridgehead atoms. The highest BCUT2D eigenvalue weighted by molar-refractivity contribution is 6.30. The SMILES string of the molecule is Cc1nc(Cl)c(O)cc1C1CCC(C)(C)C1N. The van der Waals surface area contributed by atoms with Gasteiger partial charge in [0.25, 0.3) is 0 Å². The van der Waals surface area contributed by atoms with Gasteiger partial charge in [0.2, 0.25) is 0 Å². The van der Waals surface area contributed by atoms with Gasteiger partial charge in [-0.1, -0.05) is 25.4 Å². The number of hydrogen-bond donors (Lipinski definition) is 2. The molecule has 1 aliphatic rings. The zero-order chi connectivity index (χ0) is 12.8. The van der Waals surface area contributed by atoms with E-state index in [2.05, 4.69) is 18.8 Å². The molecule has 17 heavy (non-hydrogen) atoms. The first-order chi connectivity index (χ1) is 7.83. The van der Waals surface area contributed by atoms with Crippen LogP contribution >= 0.6 is 11.6 Å². The molecule has 0 aliphatic heterocycles. The van der Waals surface area contributed by atoms with E-state index in [0.717, 1.165) is 24.1 Å². The second kappa shape index (κ2) is 4.14. The number of halogens is 1. The third kappa shape index (κ3) is 2.14. The lowest BCUT2D eigenvalue weighted by molar-refractivity contribution is 0.322. The lowest BCUT2D eigenvalue weighted by atomic mass is 9.83. The largest absolute Gasteiger partial charge is 0.505 e. The number of rotatable bonds is 1. The molecule has 1 fully saturated rings. The zero-order valence-corrected chi connectivity index (χ0v) is 11.3. The number of aromatic hydroxyl groups is 1. The summed E-state index contributed by atoms with van der Waals surface area (Å²) in [5.41, 5.74) is 8.35. The van der Waals surface area contributed by atoms with Crippen LogP contribution in [-0.2, 0) is 0 Å². The van der Waals surface area contributed by atoms with Gasteiger partial charge in [0.05, 0.1) is 0 Å². The van der Waals surface area contributed by atoms with Gasteiger partial charge in [-0.3, -0.25) is 0 Å². The number of pyridine rings is 1. The molecule has 1 aromatic rings. The van der Waals surface area contributed by atoms with Gasteiger partial charge in [-0.15, -0.1) is 0 Å². The molecule has 2 unspecified atom stereocenters. The molecule has 1 aliphatic carbocycles. The summed E-state index contributed by atoms with van der Waals surface area (Å²) < 4.78 is 0. The fourth-order valence-electron chi connectivity index (χ4n) is 2.72. The van der Waals surface area contributed by atoms with Crippen LogP contribution in [0.15, 0.2) is 6.07 Å². The fraction of sp³-hybridized carbons (Fsp3) is 0.615. The number of nitrogens with zero attached hydrogens (tertiary/aromatic N) is 1. The number of aryl methyl sites for hydroxylation is 1. The minimum Gasteiger partial charge on any atom is -0.505 e. The minimum atomic E-state index is 0.0455. The molecule has 2 atom stereocenters. The maximum absolute atomic E-state index is 9.67. The molecule has 0 saturated heterocycles. The van der Waals surface area contributed by atoms with E-state index in [1.807, 2.05) is 6.92 Å². The van der Waals surface area contributed by atoms with Crippen LogP contribution in [0.25, 0.3) is 0 Å². The Bertz CT molecular complexity index is 445. The molecule has 1 aromatic heterocycles. The van der Waals surface area contributed by atoms with E-state index in [9.17, 15) is 5.11 Å². The Balaban J connectivity index is 2.39. The molecule has 1 heterocycles. The molecule has 3 N–H and O–H groups in total. The van der Waals surface area contributed by atoms with Gasteiger partial charge in [0.1, 0.15) is 0 Å². The molecule has 0 spiro atoms. The molecule has 1 saturated carbocycles. The Morgan fingerprint density at radius 1 is 1.53 bits per heavy atom. The van der Waals surface area contributed by atoms with Crippen LogP contribution in [0.4, 0.5) is 0 Å². The summed E-state index contributed by atoms with van der Waals surface area (Å²) in [6.45, 7) is 6.30. The van der Waals surface area contributed by atoms with Crippen LogP contribution in [0.3, 0.4) is 0 Å². The van der Waals surface area contributed by atoms with E-state index in [1.54, 1.807) is 6.07 Å². The van der Waals surface area contributed by atoms with Crippen molar-refractivity contribution in [3.8, 4) is 5.75 Å². The van der Waals surface area contributed by atoms with Crippen molar-refractivity contribution in [2.75, 3.05) is 0 Å². The van der Waals surface area contributed by atoms with Crippen molar-refractivity contribution in [1.29, 1.82) is 0 Å². The van der Waals surface area contributed by atoms with E-state index >= 15 is 0 Å². The quantitative estimate of drug-likeness (QED) is 0.758. The summed E-state index contributed by atoms with van der Waals surface area (Å²) in [5, 5.41) is 9.83. The van der Waals surface area contributed by atoms with Crippen molar-refractivity contribution in [3.63, 3.8) is 0 Å². The zero-order valence-electron chi connectivity index (χ0n) is 10.5. The van der Waals surface area contributed by atoms with Crippen LogP contribution in [0, 0.1) is 12.3 Å². The number of hydrogen-bond acceptors (Lipinski definition) is 3. The highest BCUT2D eigenvalue weighted by Crippen LogP contribution is 2.46. The van der Waals surface area contributed by atoms with Gasteiger partial charge in [-0.05, 0) is 36.8 Å². The second-order valence-corrected chi connectivity index (χ2v) is 5.99. The maximum atomic E-state index is 9.67. The highest BCUT2D eigenvalue weighted by Gasteiger charge is 2.40. The van der Waals surface area contributed by atoms with Crippen LogP contribution < -0.4 is 5.73 Å². The van der Waals surface area contributed by atoms with Crippen molar-refractivity contribution in [2.24, 2.45) is 11.1 Å². The smallest absolute Gasteiger partial charge is 0.171 e. The van der Waals surface area contributed by atoms with Crippen molar-refractivity contribution < 1.29 is 5.11 Å². The Morgan fingerprint density at radius 3 is 2.71 bits per heavy atom. The van der Waals surface area contributed by atoms with Crippen LogP contribution in [0.1, 0.15) is 43.9 Å². The van der Waals surface area contributed by atoms with E-state index in [0.29, 0.717) is 0 Å². The Morgan fingerprint density at radius 2 is 2.18 bits per heavy atom. The van der Waals surface area contributed by atoms with Gasteiger partial charge in [-0.25, -0.2) is 4.98 Å². The number of aromatic nitrogens is 1. The van der Waals surface area contributed by atoms with Crippen LogP contribution in [-0.4, -0.2) is 16.1 Å². The Hall–Kier alpha value is -0.800. The summed E-state index contributed by atoms with van der Waals surface area (Å²) in [4.78, 5) is 4.16. The van der Waals surface area contributed by atoms with E-state index in [-0.39, 0.29) is 28.3 Å². The van der Waals surface area contributed by atoms with Crippen molar-refractivity contribution >= 4 is 11.6 Å². The lowest BCUT2D eigenvalue weighted by Crippen LogP contribution is -2.36. The molecule has 94 valence electrons. The third-order valence-electron chi connectivity index (χ3n) is 4.02. The van der Waals surface area contributed by atoms with Crippen molar-refractivity contribution in [3.05, 3.63) is 22.5 Å². The highest BCUT2D eigenvalue weighted by atomic mass is 35.5. The topological polar surface area (TPSA) is 59.1 Å². The van der Waals surface area contributed by atoms with Crippen molar-refractivity contribution in [1.82, 2.24) is 4.98 Å². The average Bonchev–Trinajstić information content (AvgIpc) is 2.49. The maximum Gasteiger partial charge on any atom is 0.171 e. The molecule has 4 heteroatoms. The molecule has 0 amide bonds. The molecule has 2 rings (SSSR count). The summed E-state index contributed by atoms with van der Waals surface area (Å²) in [7, 11) is 0. The summed E-state index contributed by atoms with van der Waals surface area (Å²) >= 11 is 5.79. The van der Waals surface area contributed by atoms with E-state index in [4.69, 9.17) is 17.3 Å². The lowest BCUT2D eigenvalue weighted by Gasteiger charge is -2.27. The average molecular weight is 255 g/mol. The molecule has 0 radical (unpaired) electrons. The Kier molecular flexibility index (Phi) is 3.08. The molecular formula is C13H19ClN2O. The van der Waals surface area contributed by atoms with E-state index < -0.39 is 0 Å². The second-order valence-electron chi connectivity index (χ2n) is 5.63.